The van der Waals surface area contributed by atoms with Gasteiger partial charge >= 0.3 is 0 Å². The lowest BCUT2D eigenvalue weighted by molar-refractivity contribution is -0.261. The van der Waals surface area contributed by atoms with Crippen molar-refractivity contribution in [2.75, 3.05) is 13.2 Å². The van der Waals surface area contributed by atoms with Gasteiger partial charge in [-0.15, -0.1) is 0 Å². The molecule has 2 rings (SSSR count). The van der Waals surface area contributed by atoms with Gasteiger partial charge in [0.15, 0.2) is 5.79 Å². The van der Waals surface area contributed by atoms with Gasteiger partial charge in [0, 0.05) is 18.9 Å². The zero-order chi connectivity index (χ0) is 8.82. The van der Waals surface area contributed by atoms with Crippen LogP contribution in [0.15, 0.2) is 0 Å². The van der Waals surface area contributed by atoms with E-state index in [9.17, 15) is 0 Å². The standard InChI is InChI=1S/C9H17NO2/c1-7(10)8(2)5-9(6-8)11-3-4-12-9/h7H,3-6,10H2,1-2H3/t7-/m1/s1. The van der Waals surface area contributed by atoms with Crippen LogP contribution in [-0.2, 0) is 9.47 Å². The van der Waals surface area contributed by atoms with E-state index in [0.29, 0.717) is 0 Å². The highest BCUT2D eigenvalue weighted by molar-refractivity contribution is 5.02. The number of hydrogen-bond donors (Lipinski definition) is 1. The summed E-state index contributed by atoms with van der Waals surface area (Å²) in [6, 6.07) is 0.232. The second-order valence-corrected chi connectivity index (χ2v) is 4.40. The maximum atomic E-state index is 5.87. The van der Waals surface area contributed by atoms with Gasteiger partial charge in [-0.1, -0.05) is 6.92 Å². The number of hydrogen-bond acceptors (Lipinski definition) is 3. The summed E-state index contributed by atoms with van der Waals surface area (Å²) in [5, 5.41) is 0. The Labute approximate surface area is 73.2 Å². The topological polar surface area (TPSA) is 44.5 Å². The first-order valence-corrected chi connectivity index (χ1v) is 4.60. The Kier molecular flexibility index (Phi) is 1.72. The van der Waals surface area contributed by atoms with Crippen LogP contribution in [0.25, 0.3) is 0 Å². The minimum Gasteiger partial charge on any atom is -0.347 e. The van der Waals surface area contributed by atoms with Crippen molar-refractivity contribution in [1.82, 2.24) is 0 Å². The van der Waals surface area contributed by atoms with Gasteiger partial charge in [0.05, 0.1) is 13.2 Å². The summed E-state index contributed by atoms with van der Waals surface area (Å²) >= 11 is 0. The molecule has 2 aliphatic rings. The fourth-order valence-corrected chi connectivity index (χ4v) is 2.20. The molecule has 0 aromatic carbocycles. The Morgan fingerprint density at radius 3 is 2.17 bits per heavy atom. The SMILES string of the molecule is C[C@@H](N)C1(C)CC2(C1)OCCO2. The Bertz CT molecular complexity index is 175. The van der Waals surface area contributed by atoms with Gasteiger partial charge in [0.1, 0.15) is 0 Å². The summed E-state index contributed by atoms with van der Waals surface area (Å²) in [5.74, 6) is -0.248. The van der Waals surface area contributed by atoms with E-state index in [1.165, 1.54) is 0 Å². The molecule has 12 heavy (non-hydrogen) atoms. The molecule has 1 aliphatic heterocycles. The molecule has 0 bridgehead atoms. The van der Waals surface area contributed by atoms with Crippen LogP contribution >= 0.6 is 0 Å². The van der Waals surface area contributed by atoms with Crippen LogP contribution in [0.5, 0.6) is 0 Å². The molecule has 0 unspecified atom stereocenters. The second kappa shape index (κ2) is 2.44. The molecule has 1 aliphatic carbocycles. The summed E-state index contributed by atoms with van der Waals surface area (Å²) in [6.45, 7) is 5.75. The van der Waals surface area contributed by atoms with Crippen LogP contribution in [0, 0.1) is 5.41 Å². The Morgan fingerprint density at radius 2 is 1.75 bits per heavy atom. The van der Waals surface area contributed by atoms with Gasteiger partial charge in [-0.25, -0.2) is 0 Å². The van der Waals surface area contributed by atoms with Crippen molar-refractivity contribution in [3.05, 3.63) is 0 Å². The molecule has 3 heteroatoms. The van der Waals surface area contributed by atoms with E-state index in [0.717, 1.165) is 26.1 Å². The van der Waals surface area contributed by atoms with E-state index in [2.05, 4.69) is 13.8 Å². The summed E-state index contributed by atoms with van der Waals surface area (Å²) in [7, 11) is 0. The van der Waals surface area contributed by atoms with Crippen molar-refractivity contribution in [3.8, 4) is 0 Å². The first kappa shape index (κ1) is 8.48. The molecular formula is C9H17NO2. The Hall–Kier alpha value is -0.120. The quantitative estimate of drug-likeness (QED) is 0.637. The number of ether oxygens (including phenoxy) is 2. The Morgan fingerprint density at radius 1 is 1.25 bits per heavy atom. The largest absolute Gasteiger partial charge is 0.347 e. The molecule has 1 spiro atoms. The van der Waals surface area contributed by atoms with Crippen molar-refractivity contribution >= 4 is 0 Å². The van der Waals surface area contributed by atoms with Gasteiger partial charge in [0.25, 0.3) is 0 Å². The average Bonchev–Trinajstić information content (AvgIpc) is 2.34. The molecule has 2 fully saturated rings. The molecule has 1 saturated carbocycles. The van der Waals surface area contributed by atoms with Crippen LogP contribution < -0.4 is 5.73 Å². The average molecular weight is 171 g/mol. The third-order valence-corrected chi connectivity index (χ3v) is 3.26. The lowest BCUT2D eigenvalue weighted by Crippen LogP contribution is -2.57. The van der Waals surface area contributed by atoms with Gasteiger partial charge in [-0.2, -0.15) is 0 Å². The maximum absolute atomic E-state index is 5.87. The number of rotatable bonds is 1. The minimum absolute atomic E-state index is 0.227. The summed E-state index contributed by atoms with van der Waals surface area (Å²) < 4.78 is 11.1. The molecule has 2 N–H and O–H groups in total. The fraction of sp³-hybridized carbons (Fsp3) is 1.00. The minimum atomic E-state index is -0.248. The fourth-order valence-electron chi connectivity index (χ4n) is 2.20. The summed E-state index contributed by atoms with van der Waals surface area (Å²) in [6.07, 6.45) is 1.91. The van der Waals surface area contributed by atoms with Crippen LogP contribution in [0.1, 0.15) is 26.7 Å². The molecule has 0 radical (unpaired) electrons. The highest BCUT2D eigenvalue weighted by Crippen LogP contribution is 2.53. The molecule has 1 saturated heterocycles. The van der Waals surface area contributed by atoms with Gasteiger partial charge < -0.3 is 15.2 Å². The van der Waals surface area contributed by atoms with Crippen LogP contribution in [-0.4, -0.2) is 25.0 Å². The monoisotopic (exact) mass is 171 g/mol. The van der Waals surface area contributed by atoms with Crippen molar-refractivity contribution in [3.63, 3.8) is 0 Å². The van der Waals surface area contributed by atoms with Gasteiger partial charge in [0.2, 0.25) is 0 Å². The lowest BCUT2D eigenvalue weighted by atomic mass is 9.62. The van der Waals surface area contributed by atoms with Crippen molar-refractivity contribution < 1.29 is 9.47 Å². The molecule has 0 aromatic rings. The van der Waals surface area contributed by atoms with Crippen molar-refractivity contribution in [2.24, 2.45) is 11.1 Å². The maximum Gasteiger partial charge on any atom is 0.169 e. The van der Waals surface area contributed by atoms with Crippen molar-refractivity contribution in [1.29, 1.82) is 0 Å². The molecule has 3 nitrogen and oxygen atoms in total. The lowest BCUT2D eigenvalue weighted by Gasteiger charge is -2.52. The second-order valence-electron chi connectivity index (χ2n) is 4.40. The first-order chi connectivity index (χ1) is 5.56. The smallest absolute Gasteiger partial charge is 0.169 e. The zero-order valence-corrected chi connectivity index (χ0v) is 7.80. The molecule has 1 atom stereocenters. The normalized spacial score (nSPS) is 33.2. The van der Waals surface area contributed by atoms with Crippen LogP contribution in [0.4, 0.5) is 0 Å². The van der Waals surface area contributed by atoms with E-state index < -0.39 is 0 Å². The third kappa shape index (κ3) is 1.08. The van der Waals surface area contributed by atoms with E-state index in [1.807, 2.05) is 0 Å². The van der Waals surface area contributed by atoms with E-state index in [1.54, 1.807) is 0 Å². The van der Waals surface area contributed by atoms with Crippen LogP contribution in [0.3, 0.4) is 0 Å². The summed E-state index contributed by atoms with van der Waals surface area (Å²) in [4.78, 5) is 0. The summed E-state index contributed by atoms with van der Waals surface area (Å²) in [5.41, 5.74) is 6.10. The van der Waals surface area contributed by atoms with E-state index in [4.69, 9.17) is 15.2 Å². The van der Waals surface area contributed by atoms with E-state index in [-0.39, 0.29) is 17.2 Å². The molecular weight excluding hydrogens is 154 g/mol. The highest BCUT2D eigenvalue weighted by Gasteiger charge is 2.57. The zero-order valence-electron chi connectivity index (χ0n) is 7.80. The predicted molar refractivity (Wildman–Crippen MR) is 45.6 cm³/mol. The molecule has 70 valence electrons. The Balaban J connectivity index is 1.97. The van der Waals surface area contributed by atoms with Gasteiger partial charge in [-0.05, 0) is 12.3 Å². The van der Waals surface area contributed by atoms with Gasteiger partial charge in [-0.3, -0.25) is 0 Å². The molecule has 0 aromatic heterocycles. The highest BCUT2D eigenvalue weighted by atomic mass is 16.7. The van der Waals surface area contributed by atoms with Crippen LogP contribution in [0.2, 0.25) is 0 Å². The van der Waals surface area contributed by atoms with E-state index >= 15 is 0 Å². The number of nitrogens with two attached hydrogens (primary N) is 1. The van der Waals surface area contributed by atoms with Crippen molar-refractivity contribution in [2.45, 2.75) is 38.5 Å². The first-order valence-electron chi connectivity index (χ1n) is 4.60. The third-order valence-electron chi connectivity index (χ3n) is 3.26. The predicted octanol–water partition coefficient (Wildman–Crippen LogP) is 0.877. The molecule has 0 amide bonds. The molecule has 1 heterocycles.